The Kier molecular flexibility index (Phi) is 5.35. The van der Waals surface area contributed by atoms with Crippen LogP contribution in [0.25, 0.3) is 22.4 Å². The molecule has 1 aromatic carbocycles. The zero-order valence-electron chi connectivity index (χ0n) is 14.5. The Morgan fingerprint density at radius 1 is 1.12 bits per heavy atom. The molecule has 2 aromatic heterocycles. The van der Waals surface area contributed by atoms with Gasteiger partial charge in [0.1, 0.15) is 11.2 Å². The highest BCUT2D eigenvalue weighted by molar-refractivity contribution is 5.73. The lowest BCUT2D eigenvalue weighted by Gasteiger charge is -2.17. The molecule has 2 heterocycles. The van der Waals surface area contributed by atoms with Gasteiger partial charge in [0.25, 0.3) is 5.56 Å². The summed E-state index contributed by atoms with van der Waals surface area (Å²) in [5, 5.41) is 3.19. The molecule has 25 heavy (non-hydrogen) atoms. The lowest BCUT2D eigenvalue weighted by molar-refractivity contribution is 0.316. The maximum absolute atomic E-state index is 12.3. The van der Waals surface area contributed by atoms with Gasteiger partial charge in [-0.15, -0.1) is 0 Å². The van der Waals surface area contributed by atoms with Crippen molar-refractivity contribution in [2.45, 2.75) is 13.8 Å². The Morgan fingerprint density at radius 2 is 1.88 bits per heavy atom. The molecule has 130 valence electrons. The first-order valence-corrected chi connectivity index (χ1v) is 8.50. The predicted octanol–water partition coefficient (Wildman–Crippen LogP) is 2.13. The normalized spacial score (nSPS) is 11.2. The van der Waals surface area contributed by atoms with Crippen LogP contribution in [0.1, 0.15) is 13.8 Å². The first-order valence-electron chi connectivity index (χ1n) is 8.50. The zero-order chi connectivity index (χ0) is 17.6. The van der Waals surface area contributed by atoms with Gasteiger partial charge >= 0.3 is 0 Å². The number of anilines is 1. The predicted molar refractivity (Wildman–Crippen MR) is 99.7 cm³/mol. The summed E-state index contributed by atoms with van der Waals surface area (Å²) in [7, 11) is 0. The van der Waals surface area contributed by atoms with Gasteiger partial charge in [-0.1, -0.05) is 44.2 Å². The maximum Gasteiger partial charge on any atom is 0.276 e. The number of aromatic amines is 1. The molecule has 7 heteroatoms. The Bertz CT molecular complexity index is 889. The molecule has 0 aliphatic heterocycles. The molecule has 0 unspecified atom stereocenters. The number of H-pyrrole nitrogens is 1. The molecule has 0 aliphatic rings. The van der Waals surface area contributed by atoms with Crippen LogP contribution >= 0.6 is 0 Å². The summed E-state index contributed by atoms with van der Waals surface area (Å²) >= 11 is 0. The van der Waals surface area contributed by atoms with Crippen molar-refractivity contribution in [3.05, 3.63) is 46.9 Å². The first kappa shape index (κ1) is 17.0. The molecule has 0 radical (unpaired) electrons. The molecule has 0 bridgehead atoms. The van der Waals surface area contributed by atoms with Crippen LogP contribution in [0.4, 0.5) is 5.95 Å². The van der Waals surface area contributed by atoms with Gasteiger partial charge in [-0.2, -0.15) is 4.98 Å². The number of nitrogens with one attached hydrogen (secondary N) is 2. The number of likely N-dealkylation sites (N-methyl/N-ethyl adjacent to an activating group) is 1. The Balaban J connectivity index is 1.81. The smallest absolute Gasteiger partial charge is 0.276 e. The summed E-state index contributed by atoms with van der Waals surface area (Å²) < 4.78 is 0. The number of hydrogen-bond acceptors (Lipinski definition) is 6. The van der Waals surface area contributed by atoms with Crippen molar-refractivity contribution in [3.63, 3.8) is 0 Å². The summed E-state index contributed by atoms with van der Waals surface area (Å²) in [6.07, 6.45) is 1.63. The standard InChI is InChI=1S/C18H22N6O/c1-3-24(4-2)11-10-19-18-20-12-14-16(23-18)22-17(25)15(21-14)13-8-6-5-7-9-13/h5-9,12H,3-4,10-11H2,1-2H3,(H2,19,20,22,23,25). The average Bonchev–Trinajstić information content (AvgIpc) is 2.65. The largest absolute Gasteiger partial charge is 0.353 e. The summed E-state index contributed by atoms with van der Waals surface area (Å²) in [5.41, 5.74) is 1.88. The minimum absolute atomic E-state index is 0.258. The first-order chi connectivity index (χ1) is 12.2. The van der Waals surface area contributed by atoms with Crippen molar-refractivity contribution in [2.24, 2.45) is 0 Å². The molecule has 0 fully saturated rings. The fourth-order valence-electron chi connectivity index (χ4n) is 2.63. The van der Waals surface area contributed by atoms with Gasteiger partial charge in [-0.05, 0) is 13.1 Å². The number of hydrogen-bond donors (Lipinski definition) is 2. The molecule has 0 saturated heterocycles. The number of benzene rings is 1. The third kappa shape index (κ3) is 4.00. The van der Waals surface area contributed by atoms with Crippen molar-refractivity contribution >= 4 is 17.1 Å². The minimum atomic E-state index is -0.258. The molecule has 7 nitrogen and oxygen atoms in total. The molecule has 3 aromatic rings. The van der Waals surface area contributed by atoms with E-state index in [-0.39, 0.29) is 5.56 Å². The lowest BCUT2D eigenvalue weighted by atomic mass is 10.1. The van der Waals surface area contributed by atoms with Crippen molar-refractivity contribution in [2.75, 3.05) is 31.5 Å². The number of fused-ring (bicyclic) bond motifs is 1. The molecule has 0 saturated carbocycles. The third-order valence-corrected chi connectivity index (χ3v) is 4.10. The number of aromatic nitrogens is 4. The highest BCUT2D eigenvalue weighted by atomic mass is 16.1. The summed E-state index contributed by atoms with van der Waals surface area (Å²) in [4.78, 5) is 30.5. The Hall–Kier alpha value is -2.80. The van der Waals surface area contributed by atoms with E-state index in [1.165, 1.54) is 0 Å². The van der Waals surface area contributed by atoms with Crippen molar-refractivity contribution in [1.82, 2.24) is 24.8 Å². The van der Waals surface area contributed by atoms with Crippen LogP contribution in [-0.4, -0.2) is 51.0 Å². The van der Waals surface area contributed by atoms with E-state index in [2.05, 4.69) is 44.0 Å². The molecular formula is C18H22N6O. The maximum atomic E-state index is 12.3. The van der Waals surface area contributed by atoms with Crippen molar-refractivity contribution in [3.8, 4) is 11.3 Å². The number of nitrogens with zero attached hydrogens (tertiary/aromatic N) is 4. The molecule has 0 amide bonds. The van der Waals surface area contributed by atoms with E-state index in [1.54, 1.807) is 6.20 Å². The second-order valence-electron chi connectivity index (χ2n) is 5.66. The van der Waals surface area contributed by atoms with Gasteiger partial charge in [0.05, 0.1) is 6.20 Å². The SMILES string of the molecule is CCN(CC)CCNc1ncc2nc(-c3ccccc3)c(=O)[nH]c2n1. The topological polar surface area (TPSA) is 86.8 Å². The Morgan fingerprint density at radius 3 is 2.60 bits per heavy atom. The molecule has 0 aliphatic carbocycles. The highest BCUT2D eigenvalue weighted by Crippen LogP contribution is 2.14. The van der Waals surface area contributed by atoms with Gasteiger partial charge in [-0.25, -0.2) is 9.97 Å². The second-order valence-corrected chi connectivity index (χ2v) is 5.66. The van der Waals surface area contributed by atoms with Gasteiger partial charge in [0.2, 0.25) is 5.95 Å². The van der Waals surface area contributed by atoms with Gasteiger partial charge in [-0.3, -0.25) is 4.79 Å². The second kappa shape index (κ2) is 7.85. The van der Waals surface area contributed by atoms with Crippen LogP contribution in [0.3, 0.4) is 0 Å². The highest BCUT2D eigenvalue weighted by Gasteiger charge is 2.09. The van der Waals surface area contributed by atoms with E-state index in [1.807, 2.05) is 30.3 Å². The van der Waals surface area contributed by atoms with Gasteiger partial charge in [0, 0.05) is 18.7 Å². The molecular weight excluding hydrogens is 316 g/mol. The van der Waals surface area contributed by atoms with Crippen LogP contribution in [0.2, 0.25) is 0 Å². The summed E-state index contributed by atoms with van der Waals surface area (Å²) in [6, 6.07) is 9.36. The lowest BCUT2D eigenvalue weighted by Crippen LogP contribution is -2.29. The number of rotatable bonds is 7. The van der Waals surface area contributed by atoms with E-state index in [0.29, 0.717) is 22.8 Å². The van der Waals surface area contributed by atoms with Crippen LogP contribution in [-0.2, 0) is 0 Å². The van der Waals surface area contributed by atoms with Crippen LogP contribution < -0.4 is 10.9 Å². The van der Waals surface area contributed by atoms with E-state index in [4.69, 9.17) is 0 Å². The zero-order valence-corrected chi connectivity index (χ0v) is 14.5. The van der Waals surface area contributed by atoms with Crippen molar-refractivity contribution in [1.29, 1.82) is 0 Å². The van der Waals surface area contributed by atoms with E-state index in [9.17, 15) is 4.79 Å². The third-order valence-electron chi connectivity index (χ3n) is 4.10. The minimum Gasteiger partial charge on any atom is -0.353 e. The average molecular weight is 338 g/mol. The Labute approximate surface area is 146 Å². The van der Waals surface area contributed by atoms with Crippen molar-refractivity contribution < 1.29 is 0 Å². The molecule has 3 rings (SSSR count). The summed E-state index contributed by atoms with van der Waals surface area (Å²) in [6.45, 7) is 7.95. The van der Waals surface area contributed by atoms with Crippen LogP contribution in [0.5, 0.6) is 0 Å². The monoisotopic (exact) mass is 338 g/mol. The quantitative estimate of drug-likeness (QED) is 0.686. The van der Waals surface area contributed by atoms with Gasteiger partial charge < -0.3 is 15.2 Å². The fourth-order valence-corrected chi connectivity index (χ4v) is 2.63. The summed E-state index contributed by atoms with van der Waals surface area (Å²) in [5.74, 6) is 0.490. The molecule has 2 N–H and O–H groups in total. The fraction of sp³-hybridized carbons (Fsp3) is 0.333. The molecule has 0 atom stereocenters. The van der Waals surface area contributed by atoms with Crippen LogP contribution in [0, 0.1) is 0 Å². The van der Waals surface area contributed by atoms with E-state index in [0.717, 1.165) is 31.7 Å². The van der Waals surface area contributed by atoms with E-state index < -0.39 is 0 Å². The van der Waals surface area contributed by atoms with E-state index >= 15 is 0 Å². The van der Waals surface area contributed by atoms with Crippen LogP contribution in [0.15, 0.2) is 41.3 Å². The molecule has 0 spiro atoms. The van der Waals surface area contributed by atoms with Gasteiger partial charge in [0.15, 0.2) is 5.65 Å².